The van der Waals surface area contributed by atoms with Gasteiger partial charge in [-0.25, -0.2) is 9.78 Å². The molecule has 3 aromatic heterocycles. The molecule has 0 amide bonds. The summed E-state index contributed by atoms with van der Waals surface area (Å²) in [6, 6.07) is 4.07. The fourth-order valence-electron chi connectivity index (χ4n) is 2.32. The van der Waals surface area contributed by atoms with E-state index in [1.807, 2.05) is 30.7 Å². The van der Waals surface area contributed by atoms with Crippen LogP contribution in [-0.4, -0.2) is 23.0 Å². The first kappa shape index (κ1) is 14.0. The molecular formula is C15H14N2O2S2. The third kappa shape index (κ3) is 2.41. The summed E-state index contributed by atoms with van der Waals surface area (Å²) in [7, 11) is 1.39. The molecule has 3 rings (SSSR count). The van der Waals surface area contributed by atoms with Gasteiger partial charge in [-0.15, -0.1) is 22.7 Å². The SMILES string of the molecule is COC(=O)c1c(C)[nH]c(-c2csc(-c3cccs3)n2)c1C. The Balaban J connectivity index is 2.04. The van der Waals surface area contributed by atoms with E-state index in [1.54, 1.807) is 22.7 Å². The van der Waals surface area contributed by atoms with Crippen LogP contribution in [0.15, 0.2) is 22.9 Å². The summed E-state index contributed by atoms with van der Waals surface area (Å²) in [6.45, 7) is 3.78. The fraction of sp³-hybridized carbons (Fsp3) is 0.200. The highest BCUT2D eigenvalue weighted by molar-refractivity contribution is 7.20. The van der Waals surface area contributed by atoms with Crippen molar-refractivity contribution in [2.45, 2.75) is 13.8 Å². The number of aromatic nitrogens is 2. The number of aromatic amines is 1. The van der Waals surface area contributed by atoms with Crippen molar-refractivity contribution in [3.05, 3.63) is 39.7 Å². The van der Waals surface area contributed by atoms with Gasteiger partial charge < -0.3 is 9.72 Å². The molecule has 1 N–H and O–H groups in total. The highest BCUT2D eigenvalue weighted by Crippen LogP contribution is 2.33. The number of hydrogen-bond acceptors (Lipinski definition) is 5. The lowest BCUT2D eigenvalue weighted by atomic mass is 10.1. The number of rotatable bonds is 3. The highest BCUT2D eigenvalue weighted by atomic mass is 32.1. The maximum atomic E-state index is 11.8. The van der Waals surface area contributed by atoms with Gasteiger partial charge >= 0.3 is 5.97 Å². The summed E-state index contributed by atoms with van der Waals surface area (Å²) in [6.07, 6.45) is 0. The Kier molecular flexibility index (Phi) is 3.65. The molecule has 0 saturated heterocycles. The molecule has 0 spiro atoms. The number of ether oxygens (including phenoxy) is 1. The van der Waals surface area contributed by atoms with Crippen LogP contribution in [0.2, 0.25) is 0 Å². The van der Waals surface area contributed by atoms with E-state index in [0.29, 0.717) is 5.56 Å². The molecule has 6 heteroatoms. The number of carbonyl (C=O) groups excluding carboxylic acids is 1. The van der Waals surface area contributed by atoms with E-state index < -0.39 is 0 Å². The van der Waals surface area contributed by atoms with Gasteiger partial charge in [0.15, 0.2) is 0 Å². The van der Waals surface area contributed by atoms with E-state index in [0.717, 1.165) is 32.5 Å². The Morgan fingerprint density at radius 2 is 2.14 bits per heavy atom. The topological polar surface area (TPSA) is 55.0 Å². The van der Waals surface area contributed by atoms with Crippen LogP contribution in [0.5, 0.6) is 0 Å². The molecule has 0 aliphatic rings. The number of thiophene rings is 1. The van der Waals surface area contributed by atoms with Crippen LogP contribution in [0.3, 0.4) is 0 Å². The zero-order chi connectivity index (χ0) is 15.0. The van der Waals surface area contributed by atoms with E-state index in [9.17, 15) is 4.79 Å². The number of nitrogens with zero attached hydrogens (tertiary/aromatic N) is 1. The van der Waals surface area contributed by atoms with Gasteiger partial charge in [-0.3, -0.25) is 0 Å². The molecule has 4 nitrogen and oxygen atoms in total. The molecular weight excluding hydrogens is 304 g/mol. The van der Waals surface area contributed by atoms with Crippen molar-refractivity contribution in [1.82, 2.24) is 9.97 Å². The van der Waals surface area contributed by atoms with Crippen molar-refractivity contribution < 1.29 is 9.53 Å². The lowest BCUT2D eigenvalue weighted by molar-refractivity contribution is 0.0599. The van der Waals surface area contributed by atoms with Gasteiger partial charge in [0.2, 0.25) is 0 Å². The van der Waals surface area contributed by atoms with Crippen LogP contribution in [0.4, 0.5) is 0 Å². The van der Waals surface area contributed by atoms with Gasteiger partial charge in [0.25, 0.3) is 0 Å². The number of H-pyrrole nitrogens is 1. The predicted octanol–water partition coefficient (Wildman–Crippen LogP) is 4.27. The largest absolute Gasteiger partial charge is 0.465 e. The molecule has 21 heavy (non-hydrogen) atoms. The average molecular weight is 318 g/mol. The van der Waals surface area contributed by atoms with Crippen LogP contribution < -0.4 is 0 Å². The molecule has 0 bridgehead atoms. The highest BCUT2D eigenvalue weighted by Gasteiger charge is 2.21. The maximum absolute atomic E-state index is 11.8. The molecule has 0 aliphatic heterocycles. The first-order valence-electron chi connectivity index (χ1n) is 6.39. The lowest BCUT2D eigenvalue weighted by Crippen LogP contribution is -2.03. The second kappa shape index (κ2) is 5.46. The summed E-state index contributed by atoms with van der Waals surface area (Å²) in [5, 5.41) is 5.04. The number of thiazole rings is 1. The van der Waals surface area contributed by atoms with Gasteiger partial charge in [0, 0.05) is 11.1 Å². The molecule has 3 heterocycles. The number of esters is 1. The fourth-order valence-corrected chi connectivity index (χ4v) is 3.94. The van der Waals surface area contributed by atoms with Crippen LogP contribution in [-0.2, 0) is 4.74 Å². The Morgan fingerprint density at radius 1 is 1.33 bits per heavy atom. The van der Waals surface area contributed by atoms with Crippen molar-refractivity contribution in [1.29, 1.82) is 0 Å². The first-order valence-corrected chi connectivity index (χ1v) is 8.15. The monoisotopic (exact) mass is 318 g/mol. The summed E-state index contributed by atoms with van der Waals surface area (Å²) < 4.78 is 4.84. The van der Waals surface area contributed by atoms with Crippen molar-refractivity contribution in [3.63, 3.8) is 0 Å². The van der Waals surface area contributed by atoms with E-state index in [-0.39, 0.29) is 5.97 Å². The smallest absolute Gasteiger partial charge is 0.339 e. The van der Waals surface area contributed by atoms with Crippen LogP contribution >= 0.6 is 22.7 Å². The zero-order valence-corrected chi connectivity index (χ0v) is 13.5. The molecule has 0 radical (unpaired) electrons. The summed E-state index contributed by atoms with van der Waals surface area (Å²) >= 11 is 3.27. The maximum Gasteiger partial charge on any atom is 0.339 e. The lowest BCUT2D eigenvalue weighted by Gasteiger charge is -1.99. The first-order chi connectivity index (χ1) is 10.1. The van der Waals surface area contributed by atoms with Crippen molar-refractivity contribution >= 4 is 28.6 Å². The Hall–Kier alpha value is -1.92. The van der Waals surface area contributed by atoms with Crippen LogP contribution in [0.1, 0.15) is 21.6 Å². The molecule has 3 aromatic rings. The summed E-state index contributed by atoms with van der Waals surface area (Å²) in [4.78, 5) is 20.9. The summed E-state index contributed by atoms with van der Waals surface area (Å²) in [5.74, 6) is -0.318. The normalized spacial score (nSPS) is 10.8. The zero-order valence-electron chi connectivity index (χ0n) is 11.9. The average Bonchev–Trinajstić information content (AvgIpc) is 3.17. The molecule has 0 fully saturated rings. The second-order valence-corrected chi connectivity index (χ2v) is 6.44. The summed E-state index contributed by atoms with van der Waals surface area (Å²) in [5.41, 5.74) is 4.02. The van der Waals surface area contributed by atoms with Gasteiger partial charge in [-0.1, -0.05) is 6.07 Å². The van der Waals surface area contributed by atoms with E-state index in [2.05, 4.69) is 16.0 Å². The van der Waals surface area contributed by atoms with E-state index in [1.165, 1.54) is 7.11 Å². The quantitative estimate of drug-likeness (QED) is 0.734. The van der Waals surface area contributed by atoms with Crippen LogP contribution in [0, 0.1) is 13.8 Å². The van der Waals surface area contributed by atoms with Crippen molar-refractivity contribution in [3.8, 4) is 21.3 Å². The minimum atomic E-state index is -0.318. The second-order valence-electron chi connectivity index (χ2n) is 4.63. The molecule has 0 atom stereocenters. The number of carbonyl (C=O) groups is 1. The van der Waals surface area contributed by atoms with E-state index >= 15 is 0 Å². The Morgan fingerprint density at radius 3 is 2.81 bits per heavy atom. The third-order valence-corrected chi connectivity index (χ3v) is 5.20. The number of aryl methyl sites for hydroxylation is 1. The number of methoxy groups -OCH3 is 1. The number of nitrogens with one attached hydrogen (secondary N) is 1. The molecule has 0 unspecified atom stereocenters. The molecule has 0 aromatic carbocycles. The van der Waals surface area contributed by atoms with E-state index in [4.69, 9.17) is 4.74 Å². The van der Waals surface area contributed by atoms with Crippen molar-refractivity contribution in [2.75, 3.05) is 7.11 Å². The molecule has 0 aliphatic carbocycles. The third-order valence-electron chi connectivity index (χ3n) is 3.32. The van der Waals surface area contributed by atoms with Crippen molar-refractivity contribution in [2.24, 2.45) is 0 Å². The van der Waals surface area contributed by atoms with Gasteiger partial charge in [0.1, 0.15) is 5.01 Å². The predicted molar refractivity (Wildman–Crippen MR) is 86.0 cm³/mol. The minimum absolute atomic E-state index is 0.318. The van der Waals surface area contributed by atoms with Crippen LogP contribution in [0.25, 0.3) is 21.3 Å². The van der Waals surface area contributed by atoms with Gasteiger partial charge in [0.05, 0.1) is 28.9 Å². The number of hydrogen-bond donors (Lipinski definition) is 1. The molecule has 108 valence electrons. The van der Waals surface area contributed by atoms with Gasteiger partial charge in [-0.2, -0.15) is 0 Å². The van der Waals surface area contributed by atoms with Gasteiger partial charge in [-0.05, 0) is 30.9 Å². The standard InChI is InChI=1S/C15H14N2O2S2/c1-8-12(15(18)19-3)9(2)16-13(8)10-7-21-14(17-10)11-5-4-6-20-11/h4-7,16H,1-3H3. The molecule has 0 saturated carbocycles. The minimum Gasteiger partial charge on any atom is -0.465 e. The Bertz CT molecular complexity index is 785. The Labute approximate surface area is 130 Å².